The Morgan fingerprint density at radius 2 is 1.88 bits per heavy atom. The highest BCUT2D eigenvalue weighted by atomic mass is 32.1. The maximum Gasteiger partial charge on any atom is 0.256 e. The lowest BCUT2D eigenvalue weighted by Gasteiger charge is -2.23. The van der Waals surface area contributed by atoms with Gasteiger partial charge in [-0.3, -0.25) is 14.5 Å². The highest BCUT2D eigenvalue weighted by molar-refractivity contribution is 7.80. The van der Waals surface area contributed by atoms with Crippen LogP contribution in [0.15, 0.2) is 66.0 Å². The number of benzene rings is 2. The lowest BCUT2D eigenvalue weighted by molar-refractivity contribution is -0.124. The first kappa shape index (κ1) is 23.8. The van der Waals surface area contributed by atoms with Crippen LogP contribution >= 0.6 is 23.6 Å². The average molecular weight is 498 g/mol. The van der Waals surface area contributed by atoms with Gasteiger partial charge in [0.15, 0.2) is 5.11 Å². The Morgan fingerprint density at radius 3 is 2.53 bits per heavy atom. The van der Waals surface area contributed by atoms with Gasteiger partial charge in [0.1, 0.15) is 17.6 Å². The molecule has 1 aromatic heterocycles. The summed E-state index contributed by atoms with van der Waals surface area (Å²) in [6.45, 7) is 3.06. The van der Waals surface area contributed by atoms with Gasteiger partial charge in [-0.1, -0.05) is 13.0 Å². The second-order valence-corrected chi connectivity index (χ2v) is 9.18. The van der Waals surface area contributed by atoms with Gasteiger partial charge in [0.2, 0.25) is 5.91 Å². The van der Waals surface area contributed by atoms with Crippen LogP contribution in [0.4, 0.5) is 15.8 Å². The minimum atomic E-state index is -0.771. The predicted octanol–water partition coefficient (Wildman–Crippen LogP) is 5.21. The maximum atomic E-state index is 13.4. The number of halogens is 1. The van der Waals surface area contributed by atoms with Crippen molar-refractivity contribution in [2.24, 2.45) is 0 Å². The Morgan fingerprint density at radius 1 is 1.15 bits per heavy atom. The first-order valence-corrected chi connectivity index (χ1v) is 12.2. The first-order valence-electron chi connectivity index (χ1n) is 10.9. The normalized spacial score (nSPS) is 15.6. The van der Waals surface area contributed by atoms with Gasteiger partial charge in [0.25, 0.3) is 5.91 Å². The molecule has 1 aliphatic heterocycles. The van der Waals surface area contributed by atoms with Crippen molar-refractivity contribution in [2.75, 3.05) is 16.8 Å². The number of ether oxygens (including phenoxy) is 1. The van der Waals surface area contributed by atoms with E-state index in [-0.39, 0.29) is 18.2 Å². The molecule has 2 aromatic carbocycles. The number of anilines is 2. The summed E-state index contributed by atoms with van der Waals surface area (Å²) < 4.78 is 19.0. The Bertz CT molecular complexity index is 1150. The van der Waals surface area contributed by atoms with Gasteiger partial charge >= 0.3 is 0 Å². The van der Waals surface area contributed by atoms with Crippen LogP contribution in [-0.2, 0) is 16.1 Å². The number of amides is 2. The van der Waals surface area contributed by atoms with Crippen molar-refractivity contribution < 1.29 is 18.7 Å². The van der Waals surface area contributed by atoms with Gasteiger partial charge in [0, 0.05) is 10.6 Å². The van der Waals surface area contributed by atoms with Crippen LogP contribution in [0.3, 0.4) is 0 Å². The van der Waals surface area contributed by atoms with E-state index in [4.69, 9.17) is 17.0 Å². The minimum Gasteiger partial charge on any atom is -0.494 e. The van der Waals surface area contributed by atoms with Crippen LogP contribution in [0.5, 0.6) is 5.75 Å². The van der Waals surface area contributed by atoms with E-state index < -0.39 is 11.9 Å². The van der Waals surface area contributed by atoms with Crippen LogP contribution in [-0.4, -0.2) is 34.5 Å². The lowest BCUT2D eigenvalue weighted by atomic mass is 10.1. The summed E-state index contributed by atoms with van der Waals surface area (Å²) in [6.07, 6.45) is 0.836. The molecule has 1 aliphatic rings. The zero-order chi connectivity index (χ0) is 24.1. The Hall–Kier alpha value is -3.30. The van der Waals surface area contributed by atoms with E-state index in [1.54, 1.807) is 40.5 Å². The zero-order valence-electron chi connectivity index (χ0n) is 18.6. The van der Waals surface area contributed by atoms with Crippen molar-refractivity contribution in [3.8, 4) is 5.75 Å². The molecule has 34 heavy (non-hydrogen) atoms. The first-order chi connectivity index (χ1) is 16.5. The van der Waals surface area contributed by atoms with Crippen molar-refractivity contribution in [3.63, 3.8) is 0 Å². The smallest absolute Gasteiger partial charge is 0.256 e. The fourth-order valence-electron chi connectivity index (χ4n) is 3.65. The largest absolute Gasteiger partial charge is 0.494 e. The van der Waals surface area contributed by atoms with E-state index in [2.05, 4.69) is 5.32 Å². The van der Waals surface area contributed by atoms with E-state index in [9.17, 15) is 14.0 Å². The van der Waals surface area contributed by atoms with Crippen molar-refractivity contribution in [1.29, 1.82) is 0 Å². The Labute approximate surface area is 206 Å². The summed E-state index contributed by atoms with van der Waals surface area (Å²) in [6, 6.07) is 15.8. The molecule has 0 bridgehead atoms. The van der Waals surface area contributed by atoms with Crippen molar-refractivity contribution in [1.82, 2.24) is 4.90 Å². The van der Waals surface area contributed by atoms with Crippen LogP contribution in [0.25, 0.3) is 0 Å². The molecule has 1 fully saturated rings. The molecule has 2 heterocycles. The molecule has 3 aromatic rings. The molecule has 0 aliphatic carbocycles. The topological polar surface area (TPSA) is 61.9 Å². The number of rotatable bonds is 9. The van der Waals surface area contributed by atoms with Crippen molar-refractivity contribution in [3.05, 3.63) is 76.7 Å². The maximum absolute atomic E-state index is 13.4. The van der Waals surface area contributed by atoms with E-state index in [0.29, 0.717) is 29.6 Å². The molecule has 1 N–H and O–H groups in total. The quantitative estimate of drug-likeness (QED) is 0.412. The molecular formula is C25H24FN3O3S2. The van der Waals surface area contributed by atoms with Crippen LogP contribution in [0, 0.1) is 5.82 Å². The molecule has 0 saturated carbocycles. The van der Waals surface area contributed by atoms with Crippen LogP contribution in [0.2, 0.25) is 0 Å². The molecule has 2 amide bonds. The third kappa shape index (κ3) is 5.43. The number of carbonyl (C=O) groups is 2. The number of nitrogens with one attached hydrogen (secondary N) is 1. The second kappa shape index (κ2) is 10.8. The van der Waals surface area contributed by atoms with Gasteiger partial charge in [0.05, 0.1) is 25.3 Å². The van der Waals surface area contributed by atoms with E-state index in [1.807, 2.05) is 24.4 Å². The number of thiophene rings is 1. The molecular weight excluding hydrogens is 473 g/mol. The predicted molar refractivity (Wildman–Crippen MR) is 136 cm³/mol. The average Bonchev–Trinajstić information content (AvgIpc) is 3.42. The number of thiocarbonyl (C=S) groups is 1. The molecule has 6 nitrogen and oxygen atoms in total. The van der Waals surface area contributed by atoms with Crippen LogP contribution in [0.1, 0.15) is 24.6 Å². The molecule has 9 heteroatoms. The third-order valence-electron chi connectivity index (χ3n) is 5.30. The van der Waals surface area contributed by atoms with Gasteiger partial charge in [-0.15, -0.1) is 11.3 Å². The van der Waals surface area contributed by atoms with Gasteiger partial charge < -0.3 is 15.0 Å². The fourth-order valence-corrected chi connectivity index (χ4v) is 4.74. The second-order valence-electron chi connectivity index (χ2n) is 7.78. The zero-order valence-corrected chi connectivity index (χ0v) is 20.2. The molecule has 1 atom stereocenters. The Balaban J connectivity index is 1.51. The van der Waals surface area contributed by atoms with Crippen molar-refractivity contribution >= 4 is 51.9 Å². The summed E-state index contributed by atoms with van der Waals surface area (Å²) in [4.78, 5) is 30.4. The van der Waals surface area contributed by atoms with E-state index in [0.717, 1.165) is 17.0 Å². The van der Waals surface area contributed by atoms with Gasteiger partial charge in [-0.05, 0) is 78.6 Å². The number of hydrogen-bond acceptors (Lipinski definition) is 5. The lowest BCUT2D eigenvalue weighted by Crippen LogP contribution is -2.37. The summed E-state index contributed by atoms with van der Waals surface area (Å²) in [5.41, 5.74) is 1.08. The molecule has 176 valence electrons. The highest BCUT2D eigenvalue weighted by Crippen LogP contribution is 2.30. The Kier molecular flexibility index (Phi) is 7.54. The minimum absolute atomic E-state index is 0.0733. The third-order valence-corrected chi connectivity index (χ3v) is 6.58. The summed E-state index contributed by atoms with van der Waals surface area (Å²) in [5, 5.41) is 5.09. The number of carbonyl (C=O) groups excluding carboxylic acids is 2. The van der Waals surface area contributed by atoms with Gasteiger partial charge in [-0.2, -0.15) is 0 Å². The van der Waals surface area contributed by atoms with Crippen LogP contribution < -0.4 is 15.0 Å². The number of hydrogen-bond donors (Lipinski definition) is 1. The van der Waals surface area contributed by atoms with Crippen molar-refractivity contribution in [2.45, 2.75) is 32.4 Å². The molecule has 4 rings (SSSR count). The highest BCUT2D eigenvalue weighted by Gasteiger charge is 2.44. The SMILES string of the molecule is CCCOc1ccc(NC(=O)C[C@H]2C(=O)N(c3ccc(F)cc3)C(=S)N2Cc2cccs2)cc1. The summed E-state index contributed by atoms with van der Waals surface area (Å²) in [7, 11) is 0. The molecule has 0 unspecified atom stereocenters. The molecule has 1 saturated heterocycles. The molecule has 0 spiro atoms. The van der Waals surface area contributed by atoms with E-state index >= 15 is 0 Å². The molecule has 0 radical (unpaired) electrons. The standard InChI is InChI=1S/C25H24FN3O3S2/c1-2-13-32-20-11-7-18(8-12-20)27-23(30)15-22-24(31)29(19-9-5-17(26)6-10-19)25(33)28(22)16-21-4-3-14-34-21/h3-12,14,22H,2,13,15-16H2,1H3,(H,27,30)/t22-/m0/s1. The fraction of sp³-hybridized carbons (Fsp3) is 0.240. The van der Waals surface area contributed by atoms with Gasteiger partial charge in [-0.25, -0.2) is 4.39 Å². The summed E-state index contributed by atoms with van der Waals surface area (Å²) in [5.74, 6) is -0.292. The summed E-state index contributed by atoms with van der Waals surface area (Å²) >= 11 is 7.18. The number of nitrogens with zero attached hydrogens (tertiary/aromatic N) is 2. The van der Waals surface area contributed by atoms with E-state index in [1.165, 1.54) is 29.2 Å². The monoisotopic (exact) mass is 497 g/mol.